The summed E-state index contributed by atoms with van der Waals surface area (Å²) in [4.78, 5) is 67.1. The zero-order chi connectivity index (χ0) is 36.4. The van der Waals surface area contributed by atoms with Crippen LogP contribution in [0.5, 0.6) is 0 Å². The summed E-state index contributed by atoms with van der Waals surface area (Å²) in [5.74, 6) is 0.138. The number of pyridine rings is 1. The van der Waals surface area contributed by atoms with Gasteiger partial charge in [-0.1, -0.05) is 26.5 Å². The van der Waals surface area contributed by atoms with Crippen molar-refractivity contribution in [2.45, 2.75) is 46.2 Å². The number of anilines is 4. The van der Waals surface area contributed by atoms with E-state index in [1.807, 2.05) is 31.0 Å². The zero-order valence-corrected chi connectivity index (χ0v) is 29.9. The predicted molar refractivity (Wildman–Crippen MR) is 196 cm³/mol. The van der Waals surface area contributed by atoms with Gasteiger partial charge in [-0.05, 0) is 73.7 Å². The van der Waals surface area contributed by atoms with E-state index in [1.54, 1.807) is 48.4 Å². The fraction of sp³-hybridized carbons (Fsp3) is 0.368. The van der Waals surface area contributed by atoms with Crippen LogP contribution in [0, 0.1) is 12.3 Å². The first kappa shape index (κ1) is 33.9. The summed E-state index contributed by atoms with van der Waals surface area (Å²) in [6.45, 7) is 12.1. The van der Waals surface area contributed by atoms with Crippen LogP contribution in [0.15, 0.2) is 60.2 Å². The van der Waals surface area contributed by atoms with Crippen molar-refractivity contribution >= 4 is 40.7 Å². The molecule has 2 aliphatic heterocycles. The molecule has 0 bridgehead atoms. The van der Waals surface area contributed by atoms with Crippen molar-refractivity contribution in [1.29, 1.82) is 0 Å². The van der Waals surface area contributed by atoms with Crippen molar-refractivity contribution in [2.75, 3.05) is 49.3 Å². The SMILES string of the molecule is C=CC(=O)Nc1cc(Nc2nc(-c3ccnc(N4CCn5c(cc6c5CC(C)(C)C6)C4=O)c3C)cn(C)c2=O)ccc1C1CN(C)CC(=O)N1C. The monoisotopic (exact) mass is 689 g/mol. The lowest BCUT2D eigenvalue weighted by atomic mass is 9.90. The zero-order valence-electron chi connectivity index (χ0n) is 29.9. The average molecular weight is 690 g/mol. The van der Waals surface area contributed by atoms with Crippen LogP contribution >= 0.6 is 0 Å². The molecule has 13 nitrogen and oxygen atoms in total. The summed E-state index contributed by atoms with van der Waals surface area (Å²) in [5, 5.41) is 6.03. The molecule has 264 valence electrons. The fourth-order valence-corrected chi connectivity index (χ4v) is 7.66. The second-order valence-corrected chi connectivity index (χ2v) is 14.7. The summed E-state index contributed by atoms with van der Waals surface area (Å²) >= 11 is 0. The van der Waals surface area contributed by atoms with Crippen molar-refractivity contribution < 1.29 is 14.4 Å². The third-order valence-electron chi connectivity index (χ3n) is 10.3. The van der Waals surface area contributed by atoms with Crippen molar-refractivity contribution in [3.8, 4) is 11.3 Å². The fourth-order valence-electron chi connectivity index (χ4n) is 7.66. The molecule has 3 aliphatic rings. The van der Waals surface area contributed by atoms with Crippen molar-refractivity contribution in [3.05, 3.63) is 93.8 Å². The molecule has 4 aromatic rings. The van der Waals surface area contributed by atoms with E-state index < -0.39 is 5.91 Å². The third-order valence-corrected chi connectivity index (χ3v) is 10.3. The first-order chi connectivity index (χ1) is 24.2. The Balaban J connectivity index is 1.20. The first-order valence-corrected chi connectivity index (χ1v) is 17.1. The van der Waals surface area contributed by atoms with Crippen LogP contribution in [-0.4, -0.2) is 80.4 Å². The van der Waals surface area contributed by atoms with Gasteiger partial charge in [0, 0.05) is 74.3 Å². The number of aromatic nitrogens is 4. The van der Waals surface area contributed by atoms with E-state index in [1.165, 1.54) is 21.9 Å². The van der Waals surface area contributed by atoms with Gasteiger partial charge in [0.15, 0.2) is 5.82 Å². The first-order valence-electron chi connectivity index (χ1n) is 17.1. The highest BCUT2D eigenvalue weighted by Crippen LogP contribution is 2.40. The number of nitrogens with zero attached hydrogens (tertiary/aromatic N) is 7. The lowest BCUT2D eigenvalue weighted by Crippen LogP contribution is -2.48. The normalized spacial score (nSPS) is 18.4. The Morgan fingerprint density at radius 1 is 1.06 bits per heavy atom. The van der Waals surface area contributed by atoms with Gasteiger partial charge in [0.2, 0.25) is 11.8 Å². The van der Waals surface area contributed by atoms with E-state index in [0.717, 1.165) is 29.5 Å². The van der Waals surface area contributed by atoms with Gasteiger partial charge in [0.1, 0.15) is 11.5 Å². The molecule has 1 aromatic carbocycles. The van der Waals surface area contributed by atoms with Gasteiger partial charge in [0.05, 0.1) is 18.3 Å². The number of rotatable bonds is 7. The van der Waals surface area contributed by atoms with Gasteiger partial charge < -0.3 is 24.7 Å². The number of fused-ring (bicyclic) bond motifs is 3. The van der Waals surface area contributed by atoms with Crippen molar-refractivity contribution in [2.24, 2.45) is 12.5 Å². The average Bonchev–Trinajstić information content (AvgIpc) is 3.57. The predicted octanol–water partition coefficient (Wildman–Crippen LogP) is 4.05. The molecule has 3 aromatic heterocycles. The van der Waals surface area contributed by atoms with Crippen LogP contribution in [0.3, 0.4) is 0 Å². The molecule has 5 heterocycles. The number of benzene rings is 1. The summed E-state index contributed by atoms with van der Waals surface area (Å²) in [7, 11) is 5.29. The number of amides is 3. The Kier molecular flexibility index (Phi) is 8.41. The number of carbonyl (C=O) groups is 3. The highest BCUT2D eigenvalue weighted by Gasteiger charge is 2.37. The van der Waals surface area contributed by atoms with Gasteiger partial charge in [0.25, 0.3) is 11.5 Å². The molecule has 1 fully saturated rings. The molecule has 51 heavy (non-hydrogen) atoms. The highest BCUT2D eigenvalue weighted by molar-refractivity contribution is 6.06. The Morgan fingerprint density at radius 2 is 1.84 bits per heavy atom. The number of likely N-dealkylation sites (N-methyl/N-ethyl adjacent to an activating group) is 2. The van der Waals surface area contributed by atoms with Gasteiger partial charge in [-0.3, -0.25) is 29.0 Å². The smallest absolute Gasteiger partial charge is 0.293 e. The number of piperazine rings is 1. The maximum absolute atomic E-state index is 13.9. The van der Waals surface area contributed by atoms with Crippen LogP contribution in [0.2, 0.25) is 0 Å². The molecule has 3 amide bonds. The van der Waals surface area contributed by atoms with Crippen LogP contribution in [-0.2, 0) is 36.0 Å². The van der Waals surface area contributed by atoms with E-state index in [2.05, 4.69) is 46.7 Å². The molecular formula is C38H43N9O4. The second-order valence-electron chi connectivity index (χ2n) is 14.7. The van der Waals surface area contributed by atoms with E-state index >= 15 is 0 Å². The summed E-state index contributed by atoms with van der Waals surface area (Å²) < 4.78 is 3.64. The van der Waals surface area contributed by atoms with Crippen molar-refractivity contribution in [3.63, 3.8) is 0 Å². The minimum atomic E-state index is -0.403. The van der Waals surface area contributed by atoms with Crippen LogP contribution in [0.4, 0.5) is 23.0 Å². The molecule has 0 spiro atoms. The maximum atomic E-state index is 13.9. The van der Waals surface area contributed by atoms with E-state index in [9.17, 15) is 19.2 Å². The molecule has 1 atom stereocenters. The van der Waals surface area contributed by atoms with Gasteiger partial charge in [-0.25, -0.2) is 9.97 Å². The molecular weight excluding hydrogens is 646 g/mol. The molecule has 0 radical (unpaired) electrons. The molecule has 1 unspecified atom stereocenters. The van der Waals surface area contributed by atoms with Crippen LogP contribution < -0.4 is 21.1 Å². The molecule has 7 rings (SSSR count). The summed E-state index contributed by atoms with van der Waals surface area (Å²) in [6, 6.07) is 8.94. The van der Waals surface area contributed by atoms with Crippen molar-refractivity contribution in [1.82, 2.24) is 28.9 Å². The quantitative estimate of drug-likeness (QED) is 0.278. The van der Waals surface area contributed by atoms with E-state index in [-0.39, 0.29) is 34.6 Å². The Labute approximate surface area is 296 Å². The molecule has 1 saturated heterocycles. The topological polar surface area (TPSA) is 138 Å². The maximum Gasteiger partial charge on any atom is 0.293 e. The lowest BCUT2D eigenvalue weighted by molar-refractivity contribution is -0.137. The van der Waals surface area contributed by atoms with E-state index in [4.69, 9.17) is 4.98 Å². The molecule has 0 saturated carbocycles. The van der Waals surface area contributed by atoms with E-state index in [0.29, 0.717) is 54.8 Å². The highest BCUT2D eigenvalue weighted by atomic mass is 16.2. The minimum Gasteiger partial charge on any atom is -0.339 e. The van der Waals surface area contributed by atoms with Gasteiger partial charge >= 0.3 is 0 Å². The number of hydrogen-bond acceptors (Lipinski definition) is 8. The standard InChI is InChI=1S/C38H43N9O4/c1-8-32(48)41-27-16-24(9-10-26(27)31-20-43(5)21-33(49)45(31)7)40-34-37(51)44(6)19-28(42-34)25-11-12-39-35(22(25)2)47-14-13-46-29(36(47)50)15-23-17-38(3,4)18-30(23)46/h8-12,15-16,19,31H,1,13-14,17-18,20-21H2,2-7H3,(H,40,42)(H,41,48). The molecule has 1 aliphatic carbocycles. The molecule has 13 heteroatoms. The number of aryl methyl sites for hydroxylation is 1. The van der Waals surface area contributed by atoms with Gasteiger partial charge in [-0.2, -0.15) is 0 Å². The summed E-state index contributed by atoms with van der Waals surface area (Å²) in [5.41, 5.74) is 6.85. The van der Waals surface area contributed by atoms with Gasteiger partial charge in [-0.15, -0.1) is 0 Å². The minimum absolute atomic E-state index is 0.0253. The Morgan fingerprint density at radius 3 is 2.61 bits per heavy atom. The summed E-state index contributed by atoms with van der Waals surface area (Å²) in [6.07, 6.45) is 6.43. The Bertz CT molecular complexity index is 2180. The molecule has 2 N–H and O–H groups in total. The largest absolute Gasteiger partial charge is 0.339 e. The second kappa shape index (κ2) is 12.6. The lowest BCUT2D eigenvalue weighted by Gasteiger charge is -2.38. The van der Waals surface area contributed by atoms with Crippen LogP contribution in [0.1, 0.15) is 52.8 Å². The number of hydrogen-bond donors (Lipinski definition) is 2. The Hall–Kier alpha value is -5.56. The number of carbonyl (C=O) groups excluding carboxylic acids is 3. The van der Waals surface area contributed by atoms with Crippen LogP contribution in [0.25, 0.3) is 11.3 Å². The number of nitrogens with one attached hydrogen (secondary N) is 2. The third kappa shape index (κ3) is 6.11.